The lowest BCUT2D eigenvalue weighted by molar-refractivity contribution is 0.355. The van der Waals surface area contributed by atoms with Crippen LogP contribution in [0, 0.1) is 0 Å². The van der Waals surface area contributed by atoms with Gasteiger partial charge in [0.2, 0.25) is 6.30 Å². The Labute approximate surface area is 67.5 Å². The van der Waals surface area contributed by atoms with Crippen molar-refractivity contribution in [2.75, 3.05) is 0 Å². The Morgan fingerprint density at radius 3 is 2.70 bits per heavy atom. The van der Waals surface area contributed by atoms with Gasteiger partial charge in [-0.25, -0.2) is 4.39 Å². The maximum atomic E-state index is 12.5. The minimum absolute atomic E-state index is 0.0903. The van der Waals surface area contributed by atoms with Gasteiger partial charge in [-0.15, -0.1) is 0 Å². The SMILES string of the molecule is NC1=C(Cl)C(F)NC=C1Cl. The van der Waals surface area contributed by atoms with E-state index in [1.807, 2.05) is 0 Å². The molecule has 1 heterocycles. The number of rotatable bonds is 0. The van der Waals surface area contributed by atoms with E-state index in [1.165, 1.54) is 6.20 Å². The monoisotopic (exact) mass is 182 g/mol. The highest BCUT2D eigenvalue weighted by Gasteiger charge is 2.18. The molecule has 2 nitrogen and oxygen atoms in total. The van der Waals surface area contributed by atoms with Crippen molar-refractivity contribution in [3.63, 3.8) is 0 Å². The molecule has 0 bridgehead atoms. The van der Waals surface area contributed by atoms with Crippen LogP contribution in [0.2, 0.25) is 0 Å². The standard InChI is InChI=1S/C5H5Cl2FN2/c6-2-1-10-5(8)3(7)4(2)9/h1,5,10H,9H2. The van der Waals surface area contributed by atoms with Crippen LogP contribution in [0.25, 0.3) is 0 Å². The van der Waals surface area contributed by atoms with Gasteiger partial charge in [0.05, 0.1) is 15.8 Å². The lowest BCUT2D eigenvalue weighted by atomic mass is 10.3. The first-order valence-corrected chi connectivity index (χ1v) is 3.30. The summed E-state index contributed by atoms with van der Waals surface area (Å²) in [6.45, 7) is 0. The molecule has 0 aromatic heterocycles. The van der Waals surface area contributed by atoms with Crippen LogP contribution >= 0.6 is 23.2 Å². The van der Waals surface area contributed by atoms with Crippen molar-refractivity contribution in [2.24, 2.45) is 5.73 Å². The number of allylic oxidation sites excluding steroid dienone is 1. The molecule has 56 valence electrons. The van der Waals surface area contributed by atoms with Crippen LogP contribution in [-0.4, -0.2) is 6.30 Å². The molecule has 5 heteroatoms. The van der Waals surface area contributed by atoms with Crippen molar-refractivity contribution in [1.82, 2.24) is 5.32 Å². The summed E-state index contributed by atoms with van der Waals surface area (Å²) < 4.78 is 12.5. The Morgan fingerprint density at radius 1 is 1.60 bits per heavy atom. The van der Waals surface area contributed by atoms with Gasteiger partial charge in [-0.1, -0.05) is 23.2 Å². The average Bonchev–Trinajstić information content (AvgIpc) is 1.93. The first kappa shape index (κ1) is 7.69. The summed E-state index contributed by atoms with van der Waals surface area (Å²) in [5.74, 6) is 0. The third-order valence-electron chi connectivity index (χ3n) is 1.09. The second kappa shape index (κ2) is 2.68. The maximum Gasteiger partial charge on any atom is 0.208 e. The number of alkyl halides is 1. The third-order valence-corrected chi connectivity index (χ3v) is 1.80. The number of nitrogens with one attached hydrogen (secondary N) is 1. The van der Waals surface area contributed by atoms with Gasteiger partial charge >= 0.3 is 0 Å². The first-order valence-electron chi connectivity index (χ1n) is 2.54. The van der Waals surface area contributed by atoms with Crippen molar-refractivity contribution in [3.8, 4) is 0 Å². The number of nitrogens with two attached hydrogens (primary N) is 1. The highest BCUT2D eigenvalue weighted by Crippen LogP contribution is 2.23. The van der Waals surface area contributed by atoms with Gasteiger partial charge in [-0.2, -0.15) is 0 Å². The Kier molecular flexibility index (Phi) is 2.06. The fourth-order valence-electron chi connectivity index (χ4n) is 0.548. The van der Waals surface area contributed by atoms with E-state index in [-0.39, 0.29) is 15.8 Å². The van der Waals surface area contributed by atoms with E-state index in [0.717, 1.165) is 0 Å². The molecule has 0 spiro atoms. The Morgan fingerprint density at radius 2 is 2.20 bits per heavy atom. The van der Waals surface area contributed by atoms with Crippen LogP contribution in [-0.2, 0) is 0 Å². The highest BCUT2D eigenvalue weighted by molar-refractivity contribution is 6.36. The lowest BCUT2D eigenvalue weighted by Crippen LogP contribution is -2.26. The molecule has 0 radical (unpaired) electrons. The van der Waals surface area contributed by atoms with Crippen LogP contribution in [0.5, 0.6) is 0 Å². The van der Waals surface area contributed by atoms with E-state index < -0.39 is 6.30 Å². The Bertz CT molecular complexity index is 212. The van der Waals surface area contributed by atoms with Crippen molar-refractivity contribution in [2.45, 2.75) is 6.30 Å². The minimum Gasteiger partial charge on any atom is -0.396 e. The second-order valence-corrected chi connectivity index (χ2v) is 2.60. The predicted octanol–water partition coefficient (Wildman–Crippen LogP) is 1.37. The molecule has 1 aliphatic heterocycles. The van der Waals surface area contributed by atoms with Crippen molar-refractivity contribution in [1.29, 1.82) is 0 Å². The predicted molar refractivity (Wildman–Crippen MR) is 39.0 cm³/mol. The maximum absolute atomic E-state index is 12.5. The lowest BCUT2D eigenvalue weighted by Gasteiger charge is -2.15. The molecule has 0 aromatic carbocycles. The smallest absolute Gasteiger partial charge is 0.208 e. The zero-order chi connectivity index (χ0) is 7.72. The van der Waals surface area contributed by atoms with E-state index in [1.54, 1.807) is 0 Å². The summed E-state index contributed by atoms with van der Waals surface area (Å²) in [7, 11) is 0. The van der Waals surface area contributed by atoms with E-state index >= 15 is 0 Å². The first-order chi connectivity index (χ1) is 4.63. The third kappa shape index (κ3) is 1.20. The van der Waals surface area contributed by atoms with Gasteiger partial charge in [-0.3, -0.25) is 0 Å². The highest BCUT2D eigenvalue weighted by atomic mass is 35.5. The molecule has 0 saturated heterocycles. The number of halogens is 3. The Hall–Kier alpha value is -0.410. The summed E-state index contributed by atoms with van der Waals surface area (Å²) in [6, 6.07) is 0. The van der Waals surface area contributed by atoms with Crippen LogP contribution in [0.15, 0.2) is 22.0 Å². The molecular weight excluding hydrogens is 178 g/mol. The fourth-order valence-corrected chi connectivity index (χ4v) is 0.926. The molecule has 0 saturated carbocycles. The normalized spacial score (nSPS) is 25.9. The zero-order valence-electron chi connectivity index (χ0n) is 4.87. The van der Waals surface area contributed by atoms with E-state index in [9.17, 15) is 4.39 Å². The molecule has 10 heavy (non-hydrogen) atoms. The van der Waals surface area contributed by atoms with Crippen LogP contribution < -0.4 is 11.1 Å². The van der Waals surface area contributed by atoms with Gasteiger partial charge in [0.1, 0.15) is 0 Å². The molecule has 1 aliphatic rings. The molecule has 0 aromatic rings. The average molecular weight is 183 g/mol. The summed E-state index contributed by atoms with van der Waals surface area (Å²) in [5.41, 5.74) is 5.37. The van der Waals surface area contributed by atoms with Crippen LogP contribution in [0.1, 0.15) is 0 Å². The van der Waals surface area contributed by atoms with E-state index in [0.29, 0.717) is 0 Å². The molecule has 0 fully saturated rings. The van der Waals surface area contributed by atoms with E-state index in [2.05, 4.69) is 5.32 Å². The molecule has 3 N–H and O–H groups in total. The second-order valence-electron chi connectivity index (χ2n) is 1.78. The van der Waals surface area contributed by atoms with Crippen LogP contribution in [0.4, 0.5) is 4.39 Å². The van der Waals surface area contributed by atoms with Gasteiger partial charge in [-0.05, 0) is 0 Å². The summed E-state index contributed by atoms with van der Waals surface area (Å²) >= 11 is 10.9. The minimum atomic E-state index is -1.43. The molecule has 0 amide bonds. The molecule has 1 atom stereocenters. The molecule has 1 unspecified atom stereocenters. The number of hydrogen-bond donors (Lipinski definition) is 2. The molecule has 0 aliphatic carbocycles. The van der Waals surface area contributed by atoms with Crippen molar-refractivity contribution >= 4 is 23.2 Å². The number of hydrogen-bond acceptors (Lipinski definition) is 2. The van der Waals surface area contributed by atoms with Crippen molar-refractivity contribution in [3.05, 3.63) is 22.0 Å². The topological polar surface area (TPSA) is 38.0 Å². The Balaban J connectivity index is 2.94. The molecule has 1 rings (SSSR count). The van der Waals surface area contributed by atoms with E-state index in [4.69, 9.17) is 28.9 Å². The molecular formula is C5H5Cl2FN2. The fraction of sp³-hybridized carbons (Fsp3) is 0.200. The quantitative estimate of drug-likeness (QED) is 0.556. The van der Waals surface area contributed by atoms with Crippen molar-refractivity contribution < 1.29 is 4.39 Å². The van der Waals surface area contributed by atoms with Gasteiger partial charge in [0, 0.05) is 6.20 Å². The zero-order valence-corrected chi connectivity index (χ0v) is 6.38. The largest absolute Gasteiger partial charge is 0.396 e. The van der Waals surface area contributed by atoms with Gasteiger partial charge in [0.25, 0.3) is 0 Å². The van der Waals surface area contributed by atoms with Gasteiger partial charge in [0.15, 0.2) is 0 Å². The number of dihydropyridines is 1. The summed E-state index contributed by atoms with van der Waals surface area (Å²) in [4.78, 5) is 0. The summed E-state index contributed by atoms with van der Waals surface area (Å²) in [5, 5.41) is 2.43. The summed E-state index contributed by atoms with van der Waals surface area (Å²) in [6.07, 6.45) is -0.155. The van der Waals surface area contributed by atoms with Crippen LogP contribution in [0.3, 0.4) is 0 Å². The van der Waals surface area contributed by atoms with Gasteiger partial charge < -0.3 is 11.1 Å².